The fourth-order valence-corrected chi connectivity index (χ4v) is 2.25. The third-order valence-corrected chi connectivity index (χ3v) is 3.63. The summed E-state index contributed by atoms with van der Waals surface area (Å²) in [5.74, 6) is 0. The summed E-state index contributed by atoms with van der Waals surface area (Å²) >= 11 is 0. The van der Waals surface area contributed by atoms with E-state index in [1.54, 1.807) is 0 Å². The summed E-state index contributed by atoms with van der Waals surface area (Å²) in [7, 11) is 0. The van der Waals surface area contributed by atoms with Gasteiger partial charge in [-0.1, -0.05) is 24.3 Å². The second-order valence-electron chi connectivity index (χ2n) is 5.26. The number of aliphatic hydroxyl groups is 1. The largest absolute Gasteiger partial charge is 0.392 e. The molecule has 0 aliphatic heterocycles. The number of rotatable bonds is 6. The lowest BCUT2D eigenvalue weighted by Crippen LogP contribution is -2.18. The topological polar surface area (TPSA) is 37.2 Å². The van der Waals surface area contributed by atoms with Crippen LogP contribution >= 0.6 is 0 Å². The summed E-state index contributed by atoms with van der Waals surface area (Å²) in [5.41, 5.74) is 3.56. The van der Waals surface area contributed by atoms with E-state index in [9.17, 15) is 0 Å². The molecule has 100 valence electrons. The maximum Gasteiger partial charge on any atom is 0.0681 e. The predicted octanol–water partition coefficient (Wildman–Crippen LogP) is 2.28. The maximum absolute atomic E-state index is 9.04. The summed E-state index contributed by atoms with van der Waals surface area (Å²) < 4.78 is 2.28. The Balaban J connectivity index is 1.65. The second kappa shape index (κ2) is 5.59. The fourth-order valence-electron chi connectivity index (χ4n) is 2.25. The first kappa shape index (κ1) is 12.5. The van der Waals surface area contributed by atoms with Gasteiger partial charge in [0.1, 0.15) is 0 Å². The van der Waals surface area contributed by atoms with E-state index < -0.39 is 0 Å². The first-order valence-electron chi connectivity index (χ1n) is 6.91. The minimum atomic E-state index is 0.111. The van der Waals surface area contributed by atoms with E-state index in [1.165, 1.54) is 24.1 Å². The molecule has 0 radical (unpaired) electrons. The fraction of sp³-hybridized carbons (Fsp3) is 0.375. The molecular formula is C16H20N2O. The van der Waals surface area contributed by atoms with Crippen LogP contribution in [0.1, 0.15) is 29.7 Å². The van der Waals surface area contributed by atoms with Gasteiger partial charge in [-0.15, -0.1) is 0 Å². The number of hydrogen-bond acceptors (Lipinski definition) is 2. The van der Waals surface area contributed by atoms with Gasteiger partial charge in [0, 0.05) is 31.0 Å². The van der Waals surface area contributed by atoms with Crippen LogP contribution in [0.15, 0.2) is 42.6 Å². The Morgan fingerprint density at radius 2 is 1.84 bits per heavy atom. The standard InChI is InChI=1S/C16H20N2O/c19-12-14-5-3-13(4-6-14)11-18-9-1-2-16(18)10-17-15-7-8-15/h1-6,9,15,17,19H,7-8,10-12H2. The summed E-state index contributed by atoms with van der Waals surface area (Å²) in [5, 5.41) is 12.6. The van der Waals surface area contributed by atoms with Crippen LogP contribution < -0.4 is 5.32 Å². The van der Waals surface area contributed by atoms with Crippen LogP contribution in [-0.2, 0) is 19.7 Å². The Morgan fingerprint density at radius 1 is 1.11 bits per heavy atom. The van der Waals surface area contributed by atoms with Crippen LogP contribution in [0, 0.1) is 0 Å². The van der Waals surface area contributed by atoms with Crippen molar-refractivity contribution in [2.24, 2.45) is 0 Å². The molecule has 1 aliphatic carbocycles. The van der Waals surface area contributed by atoms with Gasteiger partial charge in [0.05, 0.1) is 6.61 Å². The molecule has 3 rings (SSSR count). The van der Waals surface area contributed by atoms with Gasteiger partial charge in [-0.3, -0.25) is 0 Å². The average molecular weight is 256 g/mol. The van der Waals surface area contributed by atoms with E-state index >= 15 is 0 Å². The normalized spacial score (nSPS) is 14.8. The zero-order valence-electron chi connectivity index (χ0n) is 11.0. The molecule has 1 aromatic heterocycles. The van der Waals surface area contributed by atoms with Crippen LogP contribution in [0.3, 0.4) is 0 Å². The Morgan fingerprint density at radius 3 is 2.53 bits per heavy atom. The molecule has 1 saturated carbocycles. The van der Waals surface area contributed by atoms with E-state index in [2.05, 4.69) is 40.3 Å². The van der Waals surface area contributed by atoms with E-state index in [1.807, 2.05) is 12.1 Å². The van der Waals surface area contributed by atoms with Crippen molar-refractivity contribution in [3.63, 3.8) is 0 Å². The van der Waals surface area contributed by atoms with Gasteiger partial charge in [0.25, 0.3) is 0 Å². The Hall–Kier alpha value is -1.58. The number of benzene rings is 1. The lowest BCUT2D eigenvalue weighted by Gasteiger charge is -2.10. The third-order valence-electron chi connectivity index (χ3n) is 3.63. The number of aliphatic hydroxyl groups excluding tert-OH is 1. The quantitative estimate of drug-likeness (QED) is 0.832. The number of nitrogens with zero attached hydrogens (tertiary/aromatic N) is 1. The highest BCUT2D eigenvalue weighted by atomic mass is 16.3. The van der Waals surface area contributed by atoms with Crippen molar-refractivity contribution in [2.45, 2.75) is 38.6 Å². The van der Waals surface area contributed by atoms with Crippen molar-refractivity contribution in [3.8, 4) is 0 Å². The molecule has 0 amide bonds. The number of hydrogen-bond donors (Lipinski definition) is 2. The van der Waals surface area contributed by atoms with Gasteiger partial charge in [-0.25, -0.2) is 0 Å². The smallest absolute Gasteiger partial charge is 0.0681 e. The third kappa shape index (κ3) is 3.25. The highest BCUT2D eigenvalue weighted by Crippen LogP contribution is 2.19. The average Bonchev–Trinajstić information content (AvgIpc) is 3.18. The molecule has 2 aromatic rings. The molecular weight excluding hydrogens is 236 g/mol. The molecule has 2 N–H and O–H groups in total. The molecule has 1 aromatic carbocycles. The summed E-state index contributed by atoms with van der Waals surface area (Å²) in [6.45, 7) is 1.95. The molecule has 1 fully saturated rings. The molecule has 0 unspecified atom stereocenters. The molecule has 1 heterocycles. The Labute approximate surface area is 113 Å². The first-order valence-corrected chi connectivity index (χ1v) is 6.91. The van der Waals surface area contributed by atoms with Gasteiger partial charge in [0.2, 0.25) is 0 Å². The molecule has 3 nitrogen and oxygen atoms in total. The van der Waals surface area contributed by atoms with Gasteiger partial charge in [0.15, 0.2) is 0 Å². The minimum Gasteiger partial charge on any atom is -0.392 e. The highest BCUT2D eigenvalue weighted by molar-refractivity contribution is 5.23. The van der Waals surface area contributed by atoms with Crippen molar-refractivity contribution in [1.82, 2.24) is 9.88 Å². The van der Waals surface area contributed by atoms with Crippen molar-refractivity contribution in [3.05, 3.63) is 59.4 Å². The first-order chi connectivity index (χ1) is 9.35. The van der Waals surface area contributed by atoms with Crippen molar-refractivity contribution in [2.75, 3.05) is 0 Å². The van der Waals surface area contributed by atoms with E-state index in [0.717, 1.165) is 24.7 Å². The van der Waals surface area contributed by atoms with Gasteiger partial charge >= 0.3 is 0 Å². The monoisotopic (exact) mass is 256 g/mol. The van der Waals surface area contributed by atoms with Crippen molar-refractivity contribution in [1.29, 1.82) is 0 Å². The molecule has 19 heavy (non-hydrogen) atoms. The van der Waals surface area contributed by atoms with Crippen LogP contribution in [0.25, 0.3) is 0 Å². The maximum atomic E-state index is 9.04. The Bertz CT molecular complexity index is 526. The van der Waals surface area contributed by atoms with Crippen LogP contribution in [0.5, 0.6) is 0 Å². The molecule has 1 aliphatic rings. The van der Waals surface area contributed by atoms with E-state index in [4.69, 9.17) is 5.11 Å². The lowest BCUT2D eigenvalue weighted by atomic mass is 10.1. The number of nitrogens with one attached hydrogen (secondary N) is 1. The Kier molecular flexibility index (Phi) is 3.67. The molecule has 0 saturated heterocycles. The summed E-state index contributed by atoms with van der Waals surface area (Å²) in [6.07, 6.45) is 4.77. The van der Waals surface area contributed by atoms with Crippen LogP contribution in [-0.4, -0.2) is 15.7 Å². The van der Waals surface area contributed by atoms with E-state index in [-0.39, 0.29) is 6.61 Å². The zero-order chi connectivity index (χ0) is 13.1. The molecule has 0 atom stereocenters. The molecule has 0 spiro atoms. The number of aromatic nitrogens is 1. The van der Waals surface area contributed by atoms with Crippen molar-refractivity contribution < 1.29 is 5.11 Å². The SMILES string of the molecule is OCc1ccc(Cn2cccc2CNC2CC2)cc1. The van der Waals surface area contributed by atoms with Gasteiger partial charge in [-0.2, -0.15) is 0 Å². The lowest BCUT2D eigenvalue weighted by molar-refractivity contribution is 0.282. The zero-order valence-corrected chi connectivity index (χ0v) is 11.0. The van der Waals surface area contributed by atoms with Gasteiger partial charge < -0.3 is 15.0 Å². The molecule has 0 bridgehead atoms. The summed E-state index contributed by atoms with van der Waals surface area (Å²) in [6, 6.07) is 13.2. The highest BCUT2D eigenvalue weighted by Gasteiger charge is 2.20. The van der Waals surface area contributed by atoms with Crippen molar-refractivity contribution >= 4 is 0 Å². The van der Waals surface area contributed by atoms with E-state index in [0.29, 0.717) is 0 Å². The van der Waals surface area contributed by atoms with Crippen LogP contribution in [0.4, 0.5) is 0 Å². The van der Waals surface area contributed by atoms with Gasteiger partial charge in [-0.05, 0) is 36.1 Å². The second-order valence-corrected chi connectivity index (χ2v) is 5.26. The molecule has 3 heteroatoms. The summed E-state index contributed by atoms with van der Waals surface area (Å²) in [4.78, 5) is 0. The minimum absolute atomic E-state index is 0.111. The predicted molar refractivity (Wildman–Crippen MR) is 75.8 cm³/mol. The van der Waals surface area contributed by atoms with Crippen LogP contribution in [0.2, 0.25) is 0 Å².